The number of anilines is 2. The molecule has 1 aromatic rings. The Balaban J connectivity index is 1.87. The fourth-order valence-corrected chi connectivity index (χ4v) is 6.36. The normalized spacial score (nSPS) is 25.4. The molecule has 1 aromatic carbocycles. The molecule has 1 fully saturated rings. The van der Waals surface area contributed by atoms with Crippen molar-refractivity contribution in [1.29, 1.82) is 0 Å². The van der Waals surface area contributed by atoms with Crippen molar-refractivity contribution in [2.24, 2.45) is 17.6 Å². The van der Waals surface area contributed by atoms with E-state index in [-0.39, 0.29) is 42.8 Å². The van der Waals surface area contributed by atoms with Gasteiger partial charge in [-0.3, -0.25) is 24.1 Å². The van der Waals surface area contributed by atoms with Gasteiger partial charge in [0.1, 0.15) is 22.8 Å². The van der Waals surface area contributed by atoms with E-state index in [0.717, 1.165) is 0 Å². The number of primary amides is 1. The summed E-state index contributed by atoms with van der Waals surface area (Å²) in [5, 5.41) is 60.5. The van der Waals surface area contributed by atoms with Crippen LogP contribution >= 0.6 is 0 Å². The number of likely N-dealkylation sites (N-methyl/N-ethyl adjacent to an activating group) is 1. The summed E-state index contributed by atoms with van der Waals surface area (Å²) in [6.07, 6.45) is 0.0697. The largest absolute Gasteiger partial charge is 0.508 e. The third kappa shape index (κ3) is 5.03. The summed E-state index contributed by atoms with van der Waals surface area (Å²) < 4.78 is 0. The first-order chi connectivity index (χ1) is 19.9. The number of phenols is 1. The number of carbonyl (C=O) groups is 4. The van der Waals surface area contributed by atoms with E-state index >= 15 is 0 Å². The molecule has 0 aromatic heterocycles. The third-order valence-electron chi connectivity index (χ3n) is 8.58. The minimum atomic E-state index is -2.75. The monoisotopic (exact) mass is 601 g/mol. The first kappa shape index (κ1) is 31.9. The average molecular weight is 602 g/mol. The number of rotatable bonds is 8. The average Bonchev–Trinajstić information content (AvgIpc) is 2.90. The van der Waals surface area contributed by atoms with Crippen molar-refractivity contribution < 1.29 is 44.7 Å². The van der Waals surface area contributed by atoms with Gasteiger partial charge in [0.25, 0.3) is 5.91 Å². The maximum absolute atomic E-state index is 14.1. The van der Waals surface area contributed by atoms with Gasteiger partial charge >= 0.3 is 0 Å². The van der Waals surface area contributed by atoms with Crippen LogP contribution in [0.25, 0.3) is 5.76 Å². The van der Waals surface area contributed by atoms with E-state index in [1.165, 1.54) is 25.1 Å². The van der Waals surface area contributed by atoms with Gasteiger partial charge in [-0.15, -0.1) is 0 Å². The van der Waals surface area contributed by atoms with Crippen LogP contribution < -0.4 is 21.3 Å². The van der Waals surface area contributed by atoms with Crippen LogP contribution in [0.4, 0.5) is 11.4 Å². The van der Waals surface area contributed by atoms with E-state index in [1.807, 2.05) is 0 Å². The molecule has 14 nitrogen and oxygen atoms in total. The van der Waals surface area contributed by atoms with Gasteiger partial charge in [0.2, 0.25) is 11.7 Å². The summed E-state index contributed by atoms with van der Waals surface area (Å²) in [6, 6.07) is 0.351. The molecule has 0 spiro atoms. The number of aliphatic hydroxyl groups is 4. The zero-order valence-electron chi connectivity index (χ0n) is 25.0. The molecular formula is C29H39N5O9. The van der Waals surface area contributed by atoms with Crippen molar-refractivity contribution in [3.05, 3.63) is 34.1 Å². The van der Waals surface area contributed by atoms with E-state index in [0.29, 0.717) is 11.3 Å². The number of ketones is 2. The van der Waals surface area contributed by atoms with Crippen LogP contribution in [0.1, 0.15) is 31.4 Å². The van der Waals surface area contributed by atoms with Gasteiger partial charge in [0.05, 0.1) is 30.4 Å². The predicted octanol–water partition coefficient (Wildman–Crippen LogP) is -0.671. The smallest absolute Gasteiger partial charge is 0.255 e. The number of phenolic OH excluding ortho intramolecular Hbond substituents is 1. The number of hydrogen-bond acceptors (Lipinski definition) is 12. The summed E-state index contributed by atoms with van der Waals surface area (Å²) in [5.74, 6) is -8.07. The predicted molar refractivity (Wildman–Crippen MR) is 156 cm³/mol. The number of fused-ring (bicyclic) bond motifs is 3. The molecule has 0 bridgehead atoms. The molecule has 43 heavy (non-hydrogen) atoms. The molecule has 0 saturated heterocycles. The van der Waals surface area contributed by atoms with E-state index < -0.39 is 75.2 Å². The van der Waals surface area contributed by atoms with E-state index in [9.17, 15) is 44.7 Å². The molecule has 234 valence electrons. The third-order valence-corrected chi connectivity index (χ3v) is 8.58. The Morgan fingerprint density at radius 3 is 2.30 bits per heavy atom. The van der Waals surface area contributed by atoms with Crippen molar-refractivity contribution in [2.45, 2.75) is 43.9 Å². The molecular weight excluding hydrogens is 562 g/mol. The van der Waals surface area contributed by atoms with Gasteiger partial charge in [0.15, 0.2) is 11.4 Å². The zero-order valence-corrected chi connectivity index (χ0v) is 25.0. The van der Waals surface area contributed by atoms with Crippen LogP contribution in [0.15, 0.2) is 23.0 Å². The SMILES string of the molecule is CN(C)c1cc(NC(=O)CNC(C)(C)CO)c(O)c2c1C[C@H]1C[C@H]3[C@H](N(C)C)C(=O)C(C(N)=O)=C(O)[C@@]3(O)C(=O)C1=C2O. The quantitative estimate of drug-likeness (QED) is 0.137. The Morgan fingerprint density at radius 1 is 1.14 bits per heavy atom. The van der Waals surface area contributed by atoms with Crippen molar-refractivity contribution in [3.63, 3.8) is 0 Å². The number of carbonyl (C=O) groups excluding carboxylic acids is 4. The molecule has 4 atom stereocenters. The van der Waals surface area contributed by atoms with Crippen LogP contribution in [0, 0.1) is 11.8 Å². The minimum Gasteiger partial charge on any atom is -0.508 e. The van der Waals surface area contributed by atoms with Gasteiger partial charge in [-0.05, 0) is 58.3 Å². The zero-order chi connectivity index (χ0) is 32.3. The van der Waals surface area contributed by atoms with Crippen LogP contribution in [0.5, 0.6) is 5.75 Å². The lowest BCUT2D eigenvalue weighted by molar-refractivity contribution is -0.153. The lowest BCUT2D eigenvalue weighted by atomic mass is 9.57. The summed E-state index contributed by atoms with van der Waals surface area (Å²) >= 11 is 0. The van der Waals surface area contributed by atoms with E-state index in [1.54, 1.807) is 32.8 Å². The molecule has 3 aliphatic rings. The number of aliphatic hydroxyl groups excluding tert-OH is 3. The maximum atomic E-state index is 14.1. The molecule has 0 aliphatic heterocycles. The second-order valence-electron chi connectivity index (χ2n) is 12.4. The number of amides is 2. The molecule has 0 unspecified atom stereocenters. The second-order valence-corrected chi connectivity index (χ2v) is 12.4. The van der Waals surface area contributed by atoms with Crippen molar-refractivity contribution in [1.82, 2.24) is 10.2 Å². The van der Waals surface area contributed by atoms with E-state index in [4.69, 9.17) is 5.73 Å². The van der Waals surface area contributed by atoms with Crippen LogP contribution in [-0.2, 0) is 25.6 Å². The number of Topliss-reactive ketones (excluding diaryl/α,β-unsaturated/α-hetero) is 2. The topological polar surface area (TPSA) is 226 Å². The Bertz CT molecular complexity index is 1480. The van der Waals surface area contributed by atoms with Gasteiger partial charge in [-0.25, -0.2) is 0 Å². The molecule has 0 heterocycles. The Hall–Kier alpha value is -3.98. The lowest BCUT2D eigenvalue weighted by Gasteiger charge is -2.50. The number of benzene rings is 1. The van der Waals surface area contributed by atoms with Crippen molar-refractivity contribution in [3.8, 4) is 5.75 Å². The summed E-state index contributed by atoms with van der Waals surface area (Å²) in [4.78, 5) is 55.3. The first-order valence-electron chi connectivity index (χ1n) is 13.8. The number of nitrogens with zero attached hydrogens (tertiary/aromatic N) is 2. The Labute approximate surface area is 248 Å². The highest BCUT2D eigenvalue weighted by atomic mass is 16.3. The lowest BCUT2D eigenvalue weighted by Crippen LogP contribution is -2.65. The molecule has 14 heteroatoms. The second kappa shape index (κ2) is 10.9. The van der Waals surface area contributed by atoms with Crippen molar-refractivity contribution in [2.75, 3.05) is 51.6 Å². The highest BCUT2D eigenvalue weighted by molar-refractivity contribution is 6.24. The number of nitrogens with one attached hydrogen (secondary N) is 2. The van der Waals surface area contributed by atoms with Gasteiger partial charge in [-0.2, -0.15) is 0 Å². The van der Waals surface area contributed by atoms with Gasteiger partial charge < -0.3 is 46.8 Å². The number of nitrogens with two attached hydrogens (primary N) is 1. The fraction of sp³-hybridized carbons (Fsp3) is 0.517. The highest BCUT2D eigenvalue weighted by Gasteiger charge is 2.64. The first-order valence-corrected chi connectivity index (χ1v) is 13.8. The number of aromatic hydroxyl groups is 1. The summed E-state index contributed by atoms with van der Waals surface area (Å²) in [5.41, 5.74) is 1.48. The standard InChI is InChI=1S/C29H39N5O9/c1-28(2,11-35)31-10-17(36)32-15-9-16(33(3)4)13-7-12-8-14-21(34(5)6)24(39)20(27(30)42)26(41)29(14,43)25(40)18(12)23(38)19(13)22(15)37/h9,12,14,21,31,35,37-38,41,43H,7-8,10-11H2,1-6H3,(H2,30,42)(H,32,36)/t12-,14-,21-,29-/m0/s1. The van der Waals surface area contributed by atoms with Gasteiger partial charge in [-0.1, -0.05) is 0 Å². The molecule has 9 N–H and O–H groups in total. The van der Waals surface area contributed by atoms with Crippen molar-refractivity contribution >= 4 is 40.5 Å². The summed E-state index contributed by atoms with van der Waals surface area (Å²) in [7, 11) is 6.51. The fourth-order valence-electron chi connectivity index (χ4n) is 6.36. The van der Waals surface area contributed by atoms with Crippen LogP contribution in [0.2, 0.25) is 0 Å². The molecule has 3 aliphatic carbocycles. The molecule has 4 rings (SSSR count). The number of hydrogen-bond donors (Lipinski definition) is 8. The molecule has 0 radical (unpaired) electrons. The highest BCUT2D eigenvalue weighted by Crippen LogP contribution is 2.54. The van der Waals surface area contributed by atoms with Crippen LogP contribution in [-0.4, -0.2) is 112 Å². The Kier molecular flexibility index (Phi) is 8.13. The minimum absolute atomic E-state index is 0.0375. The Morgan fingerprint density at radius 2 is 1.77 bits per heavy atom. The maximum Gasteiger partial charge on any atom is 0.255 e. The van der Waals surface area contributed by atoms with E-state index in [2.05, 4.69) is 10.6 Å². The molecule has 1 saturated carbocycles. The van der Waals surface area contributed by atoms with Crippen LogP contribution in [0.3, 0.4) is 0 Å². The van der Waals surface area contributed by atoms with Gasteiger partial charge in [0, 0.05) is 36.8 Å². The summed E-state index contributed by atoms with van der Waals surface area (Å²) in [6.45, 7) is 2.96. The molecule has 2 amide bonds.